The third kappa shape index (κ3) is 1.54. The highest BCUT2D eigenvalue weighted by Gasteiger charge is 2.05. The van der Waals surface area contributed by atoms with E-state index >= 15 is 0 Å². The van der Waals surface area contributed by atoms with Crippen molar-refractivity contribution >= 4 is 15.9 Å². The zero-order chi connectivity index (χ0) is 9.26. The molecule has 2 rings (SSSR count). The number of aromatic amines is 1. The van der Waals surface area contributed by atoms with Crippen LogP contribution in [0.4, 0.5) is 0 Å². The first kappa shape index (κ1) is 8.57. The van der Waals surface area contributed by atoms with Crippen LogP contribution in [-0.2, 0) is 0 Å². The minimum atomic E-state index is 1.15. The van der Waals surface area contributed by atoms with E-state index in [1.165, 1.54) is 16.8 Å². The first-order chi connectivity index (χ1) is 6.29. The van der Waals surface area contributed by atoms with Gasteiger partial charge < -0.3 is 4.98 Å². The summed E-state index contributed by atoms with van der Waals surface area (Å²) in [6.07, 6.45) is 2.02. The van der Waals surface area contributed by atoms with E-state index in [-0.39, 0.29) is 0 Å². The van der Waals surface area contributed by atoms with Crippen molar-refractivity contribution in [3.05, 3.63) is 46.7 Å². The number of nitrogens with one attached hydrogen (secondary N) is 1. The van der Waals surface area contributed by atoms with E-state index in [0.717, 1.165) is 4.47 Å². The molecule has 0 atom stereocenters. The topological polar surface area (TPSA) is 15.8 Å². The Kier molecular flexibility index (Phi) is 2.23. The summed E-state index contributed by atoms with van der Waals surface area (Å²) in [6, 6.07) is 10.3. The molecule has 0 saturated heterocycles. The summed E-state index contributed by atoms with van der Waals surface area (Å²) in [5.74, 6) is 0. The number of benzene rings is 1. The van der Waals surface area contributed by atoms with Gasteiger partial charge in [0.25, 0.3) is 0 Å². The van der Waals surface area contributed by atoms with Crippen molar-refractivity contribution in [1.29, 1.82) is 0 Å². The van der Waals surface area contributed by atoms with Crippen LogP contribution in [0.25, 0.3) is 11.1 Å². The Hall–Kier alpha value is -1.02. The number of aromatic nitrogens is 1. The van der Waals surface area contributed by atoms with Gasteiger partial charge in [-0.05, 0) is 28.4 Å². The molecule has 0 aliphatic heterocycles. The fourth-order valence-corrected chi connectivity index (χ4v) is 1.79. The Morgan fingerprint density at radius 3 is 2.38 bits per heavy atom. The number of rotatable bonds is 1. The van der Waals surface area contributed by atoms with Crippen LogP contribution >= 0.6 is 15.9 Å². The van der Waals surface area contributed by atoms with Crippen LogP contribution in [0.3, 0.4) is 0 Å². The Balaban J connectivity index is 2.53. The van der Waals surface area contributed by atoms with Gasteiger partial charge in [-0.3, -0.25) is 0 Å². The lowest BCUT2D eigenvalue weighted by Crippen LogP contribution is -1.73. The molecular weight excluding hydrogens is 226 g/mol. The van der Waals surface area contributed by atoms with Crippen LogP contribution in [0.1, 0.15) is 5.69 Å². The molecule has 0 fully saturated rings. The molecule has 13 heavy (non-hydrogen) atoms. The van der Waals surface area contributed by atoms with Gasteiger partial charge in [0.15, 0.2) is 0 Å². The molecule has 2 aromatic rings. The molecule has 0 bridgehead atoms. The number of aryl methyl sites for hydroxylation is 1. The normalized spacial score (nSPS) is 10.3. The van der Waals surface area contributed by atoms with E-state index < -0.39 is 0 Å². The molecule has 0 saturated carbocycles. The molecule has 1 nitrogen and oxygen atoms in total. The number of hydrogen-bond acceptors (Lipinski definition) is 0. The summed E-state index contributed by atoms with van der Waals surface area (Å²) in [6.45, 7) is 2.05. The maximum atomic E-state index is 3.56. The van der Waals surface area contributed by atoms with Gasteiger partial charge in [-0.25, -0.2) is 0 Å². The second-order valence-electron chi connectivity index (χ2n) is 3.01. The summed E-state index contributed by atoms with van der Waals surface area (Å²) in [7, 11) is 0. The first-order valence-electron chi connectivity index (χ1n) is 4.18. The summed E-state index contributed by atoms with van der Waals surface area (Å²) in [5.41, 5.74) is 3.62. The minimum absolute atomic E-state index is 1.15. The van der Waals surface area contributed by atoms with Gasteiger partial charge in [0, 0.05) is 21.9 Å². The van der Waals surface area contributed by atoms with Crippen molar-refractivity contribution in [2.24, 2.45) is 0 Å². The molecule has 1 aromatic heterocycles. The predicted octanol–water partition coefficient (Wildman–Crippen LogP) is 3.75. The zero-order valence-electron chi connectivity index (χ0n) is 7.34. The van der Waals surface area contributed by atoms with Crippen LogP contribution in [-0.4, -0.2) is 4.98 Å². The van der Waals surface area contributed by atoms with Crippen molar-refractivity contribution < 1.29 is 0 Å². The Morgan fingerprint density at radius 1 is 1.15 bits per heavy atom. The average Bonchev–Trinajstić information content (AvgIpc) is 2.49. The summed E-state index contributed by atoms with van der Waals surface area (Å²) < 4.78 is 1.15. The summed E-state index contributed by atoms with van der Waals surface area (Å²) in [4.78, 5) is 3.19. The van der Waals surface area contributed by atoms with Crippen molar-refractivity contribution in [3.63, 3.8) is 0 Å². The van der Waals surface area contributed by atoms with Crippen LogP contribution < -0.4 is 0 Å². The highest BCUT2D eigenvalue weighted by atomic mass is 79.9. The Morgan fingerprint density at radius 2 is 1.85 bits per heavy atom. The Bertz CT molecular complexity index is 403. The smallest absolute Gasteiger partial charge is 0.0458 e. The first-order valence-corrected chi connectivity index (χ1v) is 4.97. The fourth-order valence-electron chi connectivity index (χ4n) is 1.34. The highest BCUT2D eigenvalue weighted by Crippen LogP contribution is 2.30. The van der Waals surface area contributed by atoms with E-state index in [1.54, 1.807) is 0 Å². The second kappa shape index (κ2) is 3.38. The van der Waals surface area contributed by atoms with Crippen molar-refractivity contribution in [2.45, 2.75) is 6.92 Å². The maximum Gasteiger partial charge on any atom is 0.0458 e. The van der Waals surface area contributed by atoms with E-state index in [9.17, 15) is 0 Å². The highest BCUT2D eigenvalue weighted by molar-refractivity contribution is 9.10. The SMILES string of the molecule is Cc1[nH]cc(-c2ccccc2)c1Br. The molecule has 0 unspecified atom stereocenters. The minimum Gasteiger partial charge on any atom is -0.364 e. The molecule has 1 heterocycles. The van der Waals surface area contributed by atoms with Gasteiger partial charge in [-0.1, -0.05) is 30.3 Å². The van der Waals surface area contributed by atoms with Gasteiger partial charge in [0.2, 0.25) is 0 Å². The lowest BCUT2D eigenvalue weighted by molar-refractivity contribution is 1.25. The fraction of sp³-hybridized carbons (Fsp3) is 0.0909. The molecule has 1 aromatic carbocycles. The Labute approximate surface area is 85.9 Å². The van der Waals surface area contributed by atoms with Gasteiger partial charge in [0.1, 0.15) is 0 Å². The molecule has 0 spiro atoms. The maximum absolute atomic E-state index is 3.56. The van der Waals surface area contributed by atoms with Gasteiger partial charge in [-0.15, -0.1) is 0 Å². The number of hydrogen-bond donors (Lipinski definition) is 1. The molecule has 66 valence electrons. The zero-order valence-corrected chi connectivity index (χ0v) is 8.93. The van der Waals surface area contributed by atoms with Crippen LogP contribution in [0.5, 0.6) is 0 Å². The third-order valence-electron chi connectivity index (χ3n) is 2.08. The lowest BCUT2D eigenvalue weighted by Gasteiger charge is -1.97. The van der Waals surface area contributed by atoms with E-state index in [2.05, 4.69) is 40.0 Å². The molecule has 1 N–H and O–H groups in total. The summed E-state index contributed by atoms with van der Waals surface area (Å²) >= 11 is 3.56. The molecular formula is C11H10BrN. The monoisotopic (exact) mass is 235 g/mol. The molecule has 2 heteroatoms. The second-order valence-corrected chi connectivity index (χ2v) is 3.80. The summed E-state index contributed by atoms with van der Waals surface area (Å²) in [5, 5.41) is 0. The largest absolute Gasteiger partial charge is 0.364 e. The van der Waals surface area contributed by atoms with E-state index in [0.29, 0.717) is 0 Å². The molecule has 0 amide bonds. The molecule has 0 radical (unpaired) electrons. The lowest BCUT2D eigenvalue weighted by atomic mass is 10.1. The van der Waals surface area contributed by atoms with E-state index in [1.807, 2.05) is 24.4 Å². The number of halogens is 1. The van der Waals surface area contributed by atoms with Crippen molar-refractivity contribution in [2.75, 3.05) is 0 Å². The quantitative estimate of drug-likeness (QED) is 0.776. The van der Waals surface area contributed by atoms with Gasteiger partial charge in [-0.2, -0.15) is 0 Å². The van der Waals surface area contributed by atoms with Crippen molar-refractivity contribution in [1.82, 2.24) is 4.98 Å². The average molecular weight is 236 g/mol. The molecule has 0 aliphatic rings. The van der Waals surface area contributed by atoms with Crippen LogP contribution in [0.15, 0.2) is 41.0 Å². The van der Waals surface area contributed by atoms with Crippen LogP contribution in [0.2, 0.25) is 0 Å². The third-order valence-corrected chi connectivity index (χ3v) is 3.11. The molecule has 0 aliphatic carbocycles. The van der Waals surface area contributed by atoms with Gasteiger partial charge in [0.05, 0.1) is 0 Å². The van der Waals surface area contributed by atoms with E-state index in [4.69, 9.17) is 0 Å². The predicted molar refractivity (Wildman–Crippen MR) is 58.7 cm³/mol. The van der Waals surface area contributed by atoms with Gasteiger partial charge >= 0.3 is 0 Å². The van der Waals surface area contributed by atoms with Crippen molar-refractivity contribution in [3.8, 4) is 11.1 Å². The number of H-pyrrole nitrogens is 1. The standard InChI is InChI=1S/C11H10BrN/c1-8-11(12)10(7-13-8)9-5-3-2-4-6-9/h2-7,13H,1H3. The van der Waals surface area contributed by atoms with Crippen LogP contribution in [0, 0.1) is 6.92 Å².